The predicted octanol–water partition coefficient (Wildman–Crippen LogP) is 0.556. The van der Waals surface area contributed by atoms with Crippen molar-refractivity contribution >= 4 is 28.4 Å². The zero-order valence-corrected chi connectivity index (χ0v) is 6.52. The van der Waals surface area contributed by atoms with Gasteiger partial charge in [0.2, 0.25) is 0 Å². The summed E-state index contributed by atoms with van der Waals surface area (Å²) in [5.74, 6) is 0.170. The highest BCUT2D eigenvalue weighted by molar-refractivity contribution is 14.1. The molecule has 1 N–H and O–H groups in total. The van der Waals surface area contributed by atoms with Gasteiger partial charge in [0.05, 0.1) is 0 Å². The minimum atomic E-state index is -0.0161. The summed E-state index contributed by atoms with van der Waals surface area (Å²) in [4.78, 5) is 10.3. The third-order valence-electron chi connectivity index (χ3n) is 0.610. The molecule has 0 aromatic rings. The Hall–Kier alpha value is 0.360. The number of ketones is 1. The van der Waals surface area contributed by atoms with Gasteiger partial charge in [-0.15, -0.1) is 0 Å². The van der Waals surface area contributed by atoms with Crippen LogP contribution in [-0.4, -0.2) is 16.9 Å². The Labute approximate surface area is 56.8 Å². The van der Waals surface area contributed by atoms with E-state index in [4.69, 9.17) is 0 Å². The molecule has 0 heterocycles. The molecule has 0 unspecified atom stereocenters. The molecule has 0 rings (SSSR count). The minimum absolute atomic E-state index is 0.0161. The van der Waals surface area contributed by atoms with Crippen molar-refractivity contribution in [1.29, 1.82) is 0 Å². The van der Waals surface area contributed by atoms with Crippen molar-refractivity contribution < 1.29 is 4.79 Å². The summed E-state index contributed by atoms with van der Waals surface area (Å²) in [6.07, 6.45) is 0. The number of halogens is 1. The normalized spacial score (nSPS) is 13.6. The Kier molecular flexibility index (Phi) is 3.55. The molecule has 1 atom stereocenters. The van der Waals surface area contributed by atoms with E-state index in [-0.39, 0.29) is 9.83 Å². The van der Waals surface area contributed by atoms with E-state index in [1.807, 2.05) is 22.6 Å². The number of likely N-dealkylation sites (N-methyl/N-ethyl adjacent to an activating group) is 1. The molecule has 0 amide bonds. The lowest BCUT2D eigenvalue weighted by atomic mass is 10.5. The van der Waals surface area contributed by atoms with Crippen LogP contribution in [0.2, 0.25) is 0 Å². The lowest BCUT2D eigenvalue weighted by molar-refractivity contribution is -0.116. The Morgan fingerprint density at radius 3 is 2.29 bits per heavy atom. The Morgan fingerprint density at radius 2 is 2.29 bits per heavy atom. The maximum Gasteiger partial charge on any atom is 0.156 e. The largest absolute Gasteiger partial charge is 0.302 e. The maximum absolute atomic E-state index is 10.3. The van der Waals surface area contributed by atoms with E-state index < -0.39 is 0 Å². The van der Waals surface area contributed by atoms with Gasteiger partial charge < -0.3 is 5.32 Å². The van der Waals surface area contributed by atoms with Gasteiger partial charge in [-0.2, -0.15) is 0 Å². The van der Waals surface area contributed by atoms with Gasteiger partial charge in [-0.05, 0) is 14.0 Å². The third-order valence-corrected chi connectivity index (χ3v) is 2.11. The molecule has 0 aliphatic rings. The Bertz CT molecular complexity index is 74.1. The van der Waals surface area contributed by atoms with Crippen LogP contribution in [0.15, 0.2) is 0 Å². The maximum atomic E-state index is 10.3. The molecule has 2 nitrogen and oxygen atoms in total. The molecule has 0 aliphatic carbocycles. The van der Waals surface area contributed by atoms with E-state index in [9.17, 15) is 4.79 Å². The molecule has 0 saturated carbocycles. The highest BCUT2D eigenvalue weighted by Crippen LogP contribution is 1.93. The monoisotopic (exact) mass is 213 g/mol. The van der Waals surface area contributed by atoms with Crippen LogP contribution < -0.4 is 5.32 Å². The lowest BCUT2D eigenvalue weighted by Crippen LogP contribution is -2.24. The van der Waals surface area contributed by atoms with E-state index in [1.54, 1.807) is 14.0 Å². The smallest absolute Gasteiger partial charge is 0.156 e. The van der Waals surface area contributed by atoms with Gasteiger partial charge in [0, 0.05) is 0 Å². The fourth-order valence-corrected chi connectivity index (χ4v) is 0.203. The van der Waals surface area contributed by atoms with Crippen molar-refractivity contribution in [2.75, 3.05) is 7.05 Å². The molecule has 0 radical (unpaired) electrons. The number of carbonyl (C=O) groups is 1. The number of Topliss-reactive ketones (excluding diaryl/α,β-unsaturated/α-hetero) is 1. The third kappa shape index (κ3) is 2.99. The van der Waals surface area contributed by atoms with Crippen LogP contribution in [0.4, 0.5) is 0 Å². The number of hydrogen-bond donors (Lipinski definition) is 1. The highest BCUT2D eigenvalue weighted by Gasteiger charge is 2.02. The molecule has 0 spiro atoms. The summed E-state index contributed by atoms with van der Waals surface area (Å²) >= 11 is 2.03. The first-order chi connectivity index (χ1) is 3.18. The van der Waals surface area contributed by atoms with Crippen LogP contribution in [0.25, 0.3) is 0 Å². The topological polar surface area (TPSA) is 29.1 Å². The summed E-state index contributed by atoms with van der Waals surface area (Å²) in [5, 5.41) is 2.80. The van der Waals surface area contributed by atoms with Gasteiger partial charge in [0.15, 0.2) is 5.78 Å². The summed E-state index contributed by atoms with van der Waals surface area (Å²) in [6.45, 7) is 1.56. The standard InChI is InChI=1S/C4H8INO/c1-3(7)4(5)6-2/h4,6H,1-2H3/t4-/m1/s1. The average molecular weight is 213 g/mol. The van der Waals surface area contributed by atoms with Crippen molar-refractivity contribution in [2.24, 2.45) is 0 Å². The number of nitrogens with one attached hydrogen (secondary N) is 1. The molecule has 0 aromatic heterocycles. The first-order valence-electron chi connectivity index (χ1n) is 2.00. The van der Waals surface area contributed by atoms with Crippen LogP contribution in [0.5, 0.6) is 0 Å². The number of carbonyl (C=O) groups excluding carboxylic acids is 1. The van der Waals surface area contributed by atoms with Crippen LogP contribution in [0, 0.1) is 0 Å². The average Bonchev–Trinajstić information content (AvgIpc) is 1.65. The zero-order valence-electron chi connectivity index (χ0n) is 4.36. The second kappa shape index (κ2) is 3.37. The van der Waals surface area contributed by atoms with Crippen LogP contribution in [0.1, 0.15) is 6.92 Å². The number of alkyl halides is 1. The second-order valence-electron chi connectivity index (χ2n) is 1.26. The van der Waals surface area contributed by atoms with Gasteiger partial charge in [-0.1, -0.05) is 22.6 Å². The van der Waals surface area contributed by atoms with Gasteiger partial charge in [0.25, 0.3) is 0 Å². The quantitative estimate of drug-likeness (QED) is 0.412. The fraction of sp³-hybridized carbons (Fsp3) is 0.750. The lowest BCUT2D eigenvalue weighted by Gasteiger charge is -1.99. The van der Waals surface area contributed by atoms with E-state index in [0.717, 1.165) is 0 Å². The van der Waals surface area contributed by atoms with Crippen LogP contribution in [-0.2, 0) is 4.79 Å². The van der Waals surface area contributed by atoms with E-state index in [0.29, 0.717) is 0 Å². The first kappa shape index (κ1) is 7.36. The molecule has 0 bridgehead atoms. The van der Waals surface area contributed by atoms with E-state index >= 15 is 0 Å². The van der Waals surface area contributed by atoms with Crippen LogP contribution >= 0.6 is 22.6 Å². The first-order valence-corrected chi connectivity index (χ1v) is 3.25. The van der Waals surface area contributed by atoms with Crippen molar-refractivity contribution in [2.45, 2.75) is 11.0 Å². The van der Waals surface area contributed by atoms with Crippen molar-refractivity contribution in [3.8, 4) is 0 Å². The molecule has 0 fully saturated rings. The summed E-state index contributed by atoms with van der Waals surface area (Å²) in [6, 6.07) is 0. The molecule has 3 heteroatoms. The van der Waals surface area contributed by atoms with E-state index in [1.165, 1.54) is 0 Å². The van der Waals surface area contributed by atoms with E-state index in [2.05, 4.69) is 5.32 Å². The van der Waals surface area contributed by atoms with Crippen LogP contribution in [0.3, 0.4) is 0 Å². The van der Waals surface area contributed by atoms with Crippen molar-refractivity contribution in [1.82, 2.24) is 5.32 Å². The molecule has 42 valence electrons. The SMILES string of the molecule is CN[C@@H](I)C(C)=O. The van der Waals surface area contributed by atoms with Crippen molar-refractivity contribution in [3.63, 3.8) is 0 Å². The van der Waals surface area contributed by atoms with Gasteiger partial charge in [0.1, 0.15) is 4.05 Å². The predicted molar refractivity (Wildman–Crippen MR) is 37.5 cm³/mol. The molecule has 0 saturated heterocycles. The molecular weight excluding hydrogens is 205 g/mol. The number of hydrogen-bond acceptors (Lipinski definition) is 2. The fourth-order valence-electron chi connectivity index (χ4n) is 0.203. The van der Waals surface area contributed by atoms with Gasteiger partial charge in [-0.3, -0.25) is 4.79 Å². The summed E-state index contributed by atoms with van der Waals surface area (Å²) < 4.78 is -0.0161. The van der Waals surface area contributed by atoms with Gasteiger partial charge in [-0.25, -0.2) is 0 Å². The number of rotatable bonds is 2. The summed E-state index contributed by atoms with van der Waals surface area (Å²) in [5.41, 5.74) is 0. The Balaban J connectivity index is 3.34. The Morgan fingerprint density at radius 1 is 1.86 bits per heavy atom. The summed E-state index contributed by atoms with van der Waals surface area (Å²) in [7, 11) is 1.76. The van der Waals surface area contributed by atoms with Gasteiger partial charge >= 0.3 is 0 Å². The molecule has 7 heavy (non-hydrogen) atoms. The molecular formula is C4H8INO. The minimum Gasteiger partial charge on any atom is -0.302 e. The van der Waals surface area contributed by atoms with Crippen molar-refractivity contribution in [3.05, 3.63) is 0 Å². The zero-order chi connectivity index (χ0) is 5.86. The second-order valence-corrected chi connectivity index (χ2v) is 2.51. The molecule has 0 aliphatic heterocycles. The highest BCUT2D eigenvalue weighted by atomic mass is 127. The molecule has 0 aromatic carbocycles.